The van der Waals surface area contributed by atoms with Crippen LogP contribution in [-0.2, 0) is 9.16 Å². The first-order chi connectivity index (χ1) is 5.33. The SMILES string of the molecule is C=CC1([SiH2]OC)CCCCO1. The molecule has 1 aliphatic heterocycles. The molecule has 0 N–H and O–H groups in total. The monoisotopic (exact) mass is 172 g/mol. The van der Waals surface area contributed by atoms with Gasteiger partial charge in [0.25, 0.3) is 0 Å². The van der Waals surface area contributed by atoms with Gasteiger partial charge < -0.3 is 9.16 Å². The average Bonchev–Trinajstić information content (AvgIpc) is 2.07. The van der Waals surface area contributed by atoms with E-state index in [2.05, 4.69) is 6.58 Å². The molecule has 11 heavy (non-hydrogen) atoms. The maximum Gasteiger partial charge on any atom is 0.198 e. The number of rotatable bonds is 3. The van der Waals surface area contributed by atoms with Crippen molar-refractivity contribution in [3.05, 3.63) is 12.7 Å². The summed E-state index contributed by atoms with van der Waals surface area (Å²) in [5.41, 5.74) is 0. The summed E-state index contributed by atoms with van der Waals surface area (Å²) in [4.78, 5) is 0. The Morgan fingerprint density at radius 2 is 2.45 bits per heavy atom. The Morgan fingerprint density at radius 1 is 1.64 bits per heavy atom. The summed E-state index contributed by atoms with van der Waals surface area (Å²) in [6.45, 7) is 4.68. The molecule has 1 heterocycles. The maximum absolute atomic E-state index is 5.67. The summed E-state index contributed by atoms with van der Waals surface area (Å²) in [6.07, 6.45) is 5.48. The van der Waals surface area contributed by atoms with Gasteiger partial charge in [0.15, 0.2) is 9.76 Å². The molecule has 0 aliphatic carbocycles. The van der Waals surface area contributed by atoms with Gasteiger partial charge in [-0.25, -0.2) is 0 Å². The summed E-state index contributed by atoms with van der Waals surface area (Å²) in [7, 11) is 1.19. The molecule has 1 aliphatic rings. The van der Waals surface area contributed by atoms with E-state index in [1.807, 2.05) is 6.08 Å². The molecule has 0 aromatic carbocycles. The van der Waals surface area contributed by atoms with Crippen molar-refractivity contribution in [1.82, 2.24) is 0 Å². The van der Waals surface area contributed by atoms with Crippen molar-refractivity contribution < 1.29 is 9.16 Å². The van der Waals surface area contributed by atoms with Crippen molar-refractivity contribution in [3.63, 3.8) is 0 Å². The lowest BCUT2D eigenvalue weighted by Gasteiger charge is -2.33. The second kappa shape index (κ2) is 4.04. The van der Waals surface area contributed by atoms with Crippen LogP contribution in [0.5, 0.6) is 0 Å². The molecule has 1 rings (SSSR count). The molecule has 1 atom stereocenters. The van der Waals surface area contributed by atoms with Crippen LogP contribution in [0, 0.1) is 0 Å². The summed E-state index contributed by atoms with van der Waals surface area (Å²) in [6, 6.07) is 0. The summed E-state index contributed by atoms with van der Waals surface area (Å²) in [5, 5.41) is -0.0486. The molecule has 0 saturated carbocycles. The summed E-state index contributed by atoms with van der Waals surface area (Å²) < 4.78 is 10.9. The average molecular weight is 172 g/mol. The minimum absolute atomic E-state index is 0.0486. The Hall–Kier alpha value is -0.123. The highest BCUT2D eigenvalue weighted by Gasteiger charge is 2.30. The van der Waals surface area contributed by atoms with E-state index in [9.17, 15) is 0 Å². The van der Waals surface area contributed by atoms with E-state index in [1.54, 1.807) is 7.11 Å². The minimum Gasteiger partial charge on any atom is -0.424 e. The van der Waals surface area contributed by atoms with Crippen LogP contribution in [0.3, 0.4) is 0 Å². The van der Waals surface area contributed by atoms with Crippen molar-refractivity contribution in [2.75, 3.05) is 13.7 Å². The predicted molar refractivity (Wildman–Crippen MR) is 48.3 cm³/mol. The van der Waals surface area contributed by atoms with E-state index in [1.165, 1.54) is 12.8 Å². The topological polar surface area (TPSA) is 18.5 Å². The van der Waals surface area contributed by atoms with Crippen molar-refractivity contribution in [3.8, 4) is 0 Å². The first-order valence-electron chi connectivity index (χ1n) is 4.09. The van der Waals surface area contributed by atoms with Crippen LogP contribution in [0.15, 0.2) is 12.7 Å². The first-order valence-corrected chi connectivity index (χ1v) is 5.38. The lowest BCUT2D eigenvalue weighted by Crippen LogP contribution is -2.41. The third kappa shape index (κ3) is 2.15. The quantitative estimate of drug-likeness (QED) is 0.463. The van der Waals surface area contributed by atoms with Crippen molar-refractivity contribution in [2.24, 2.45) is 0 Å². The van der Waals surface area contributed by atoms with E-state index in [0.29, 0.717) is 0 Å². The third-order valence-electron chi connectivity index (χ3n) is 2.14. The fourth-order valence-corrected chi connectivity index (χ4v) is 2.68. The van der Waals surface area contributed by atoms with Crippen LogP contribution < -0.4 is 0 Å². The minimum atomic E-state index is -0.571. The highest BCUT2D eigenvalue weighted by atomic mass is 28.2. The zero-order valence-corrected chi connectivity index (χ0v) is 8.55. The van der Waals surface area contributed by atoms with Gasteiger partial charge in [-0.3, -0.25) is 0 Å². The van der Waals surface area contributed by atoms with Gasteiger partial charge in [0.2, 0.25) is 0 Å². The fraction of sp³-hybridized carbons (Fsp3) is 0.750. The standard InChI is InChI=1S/C8H16O2Si/c1-3-8(11-9-2)6-4-5-7-10-8/h3H,1,4-7,11H2,2H3. The van der Waals surface area contributed by atoms with Gasteiger partial charge in [0, 0.05) is 13.7 Å². The van der Waals surface area contributed by atoms with Gasteiger partial charge in [0.1, 0.15) is 0 Å². The lowest BCUT2D eigenvalue weighted by molar-refractivity contribution is 0.00486. The number of hydrogen-bond donors (Lipinski definition) is 0. The molecule has 1 unspecified atom stereocenters. The maximum atomic E-state index is 5.67. The second-order valence-corrected chi connectivity index (χ2v) is 5.07. The van der Waals surface area contributed by atoms with Crippen molar-refractivity contribution >= 4 is 9.76 Å². The summed E-state index contributed by atoms with van der Waals surface area (Å²) in [5.74, 6) is 0. The predicted octanol–water partition coefficient (Wildman–Crippen LogP) is 0.799. The molecule has 0 spiro atoms. The van der Waals surface area contributed by atoms with Gasteiger partial charge in [-0.05, 0) is 19.3 Å². The van der Waals surface area contributed by atoms with Crippen molar-refractivity contribution in [1.29, 1.82) is 0 Å². The van der Waals surface area contributed by atoms with Gasteiger partial charge in [-0.1, -0.05) is 6.08 Å². The van der Waals surface area contributed by atoms with Gasteiger partial charge in [0.05, 0.1) is 5.22 Å². The third-order valence-corrected chi connectivity index (χ3v) is 3.77. The van der Waals surface area contributed by atoms with Crippen LogP contribution in [0.1, 0.15) is 19.3 Å². The molecular formula is C8H16O2Si. The highest BCUT2D eigenvalue weighted by Crippen LogP contribution is 2.24. The fourth-order valence-electron chi connectivity index (χ4n) is 1.45. The van der Waals surface area contributed by atoms with Gasteiger partial charge >= 0.3 is 0 Å². The molecule has 64 valence electrons. The van der Waals surface area contributed by atoms with E-state index in [-0.39, 0.29) is 5.22 Å². The largest absolute Gasteiger partial charge is 0.424 e. The molecule has 0 bridgehead atoms. The zero-order valence-electron chi connectivity index (χ0n) is 7.14. The number of ether oxygens (including phenoxy) is 1. The molecule has 0 amide bonds. The van der Waals surface area contributed by atoms with E-state index < -0.39 is 9.76 Å². The van der Waals surface area contributed by atoms with Crippen LogP contribution in [-0.4, -0.2) is 28.7 Å². The van der Waals surface area contributed by atoms with E-state index in [0.717, 1.165) is 13.0 Å². The summed E-state index contributed by atoms with van der Waals surface area (Å²) >= 11 is 0. The van der Waals surface area contributed by atoms with E-state index >= 15 is 0 Å². The van der Waals surface area contributed by atoms with Gasteiger partial charge in [-0.15, -0.1) is 6.58 Å². The Bertz CT molecular complexity index is 125. The van der Waals surface area contributed by atoms with Crippen LogP contribution in [0.2, 0.25) is 0 Å². The zero-order chi connectivity index (χ0) is 8.16. The highest BCUT2D eigenvalue weighted by molar-refractivity contribution is 6.32. The smallest absolute Gasteiger partial charge is 0.198 e. The molecule has 1 fully saturated rings. The normalized spacial score (nSPS) is 32.8. The second-order valence-electron chi connectivity index (χ2n) is 3.01. The van der Waals surface area contributed by atoms with Crippen LogP contribution in [0.25, 0.3) is 0 Å². The Labute approximate surface area is 70.5 Å². The molecular weight excluding hydrogens is 156 g/mol. The Balaban J connectivity index is 2.49. The van der Waals surface area contributed by atoms with Crippen molar-refractivity contribution in [2.45, 2.75) is 24.5 Å². The lowest BCUT2D eigenvalue weighted by atomic mass is 10.1. The molecule has 3 heteroatoms. The molecule has 0 aromatic rings. The molecule has 0 radical (unpaired) electrons. The molecule has 1 saturated heterocycles. The van der Waals surface area contributed by atoms with E-state index in [4.69, 9.17) is 9.16 Å². The molecule has 0 aromatic heterocycles. The first kappa shape index (κ1) is 8.97. The van der Waals surface area contributed by atoms with Gasteiger partial charge in [-0.2, -0.15) is 0 Å². The number of hydrogen-bond acceptors (Lipinski definition) is 2. The Kier molecular flexibility index (Phi) is 3.30. The Morgan fingerprint density at radius 3 is 2.91 bits per heavy atom. The van der Waals surface area contributed by atoms with Crippen LogP contribution >= 0.6 is 0 Å². The van der Waals surface area contributed by atoms with Crippen LogP contribution in [0.4, 0.5) is 0 Å². The molecule has 2 nitrogen and oxygen atoms in total.